The van der Waals surface area contributed by atoms with Gasteiger partial charge in [-0.25, -0.2) is 8.42 Å². The van der Waals surface area contributed by atoms with Crippen molar-refractivity contribution >= 4 is 15.7 Å². The molecule has 1 heterocycles. The van der Waals surface area contributed by atoms with Gasteiger partial charge in [0.25, 0.3) is 0 Å². The summed E-state index contributed by atoms with van der Waals surface area (Å²) in [6, 6.07) is 19.1. The first-order chi connectivity index (χ1) is 10.6. The molecule has 1 atom stereocenters. The van der Waals surface area contributed by atoms with E-state index < -0.39 is 10.0 Å². The number of sulfonamides is 1. The van der Waals surface area contributed by atoms with Crippen molar-refractivity contribution in [2.75, 3.05) is 23.2 Å². The van der Waals surface area contributed by atoms with E-state index in [1.165, 1.54) is 4.31 Å². The van der Waals surface area contributed by atoms with E-state index in [0.29, 0.717) is 19.8 Å². The maximum atomic E-state index is 12.3. The second kappa shape index (κ2) is 6.50. The summed E-state index contributed by atoms with van der Waals surface area (Å²) in [5, 5.41) is 0. The third kappa shape index (κ3) is 3.48. The normalized spacial score (nSPS) is 20.2. The van der Waals surface area contributed by atoms with Gasteiger partial charge >= 0.3 is 0 Å². The zero-order chi connectivity index (χ0) is 15.4. The number of para-hydroxylation sites is 1. The molecule has 0 aliphatic carbocycles. The van der Waals surface area contributed by atoms with Crippen molar-refractivity contribution in [2.45, 2.75) is 6.61 Å². The van der Waals surface area contributed by atoms with Crippen molar-refractivity contribution in [3.05, 3.63) is 66.2 Å². The van der Waals surface area contributed by atoms with E-state index in [1.807, 2.05) is 60.7 Å². The summed E-state index contributed by atoms with van der Waals surface area (Å²) in [5.41, 5.74) is 1.83. The molecule has 0 aromatic heterocycles. The van der Waals surface area contributed by atoms with Crippen molar-refractivity contribution in [3.63, 3.8) is 0 Å². The van der Waals surface area contributed by atoms with E-state index in [2.05, 4.69) is 0 Å². The Morgan fingerprint density at radius 3 is 2.32 bits per heavy atom. The van der Waals surface area contributed by atoms with Crippen LogP contribution in [0, 0.1) is 5.92 Å². The third-order valence-corrected chi connectivity index (χ3v) is 5.64. The number of benzene rings is 2. The summed E-state index contributed by atoms with van der Waals surface area (Å²) in [7, 11) is -3.23. The Balaban J connectivity index is 1.59. The molecule has 0 amide bonds. The fourth-order valence-corrected chi connectivity index (χ4v) is 4.53. The fraction of sp³-hybridized carbons (Fsp3) is 0.294. The topological polar surface area (TPSA) is 46.6 Å². The van der Waals surface area contributed by atoms with Crippen LogP contribution in [-0.4, -0.2) is 27.3 Å². The zero-order valence-electron chi connectivity index (χ0n) is 12.3. The molecule has 1 saturated heterocycles. The highest BCUT2D eigenvalue weighted by Crippen LogP contribution is 2.27. The van der Waals surface area contributed by atoms with E-state index in [1.54, 1.807) is 0 Å². The third-order valence-electron chi connectivity index (χ3n) is 3.72. The molecule has 22 heavy (non-hydrogen) atoms. The highest BCUT2D eigenvalue weighted by molar-refractivity contribution is 7.93. The number of anilines is 1. The molecular formula is C17H19NO3S. The van der Waals surface area contributed by atoms with Crippen molar-refractivity contribution in [1.29, 1.82) is 0 Å². The van der Waals surface area contributed by atoms with Gasteiger partial charge in [-0.15, -0.1) is 0 Å². The molecule has 2 aromatic carbocycles. The Labute approximate surface area is 131 Å². The van der Waals surface area contributed by atoms with Crippen LogP contribution in [-0.2, 0) is 21.4 Å². The van der Waals surface area contributed by atoms with Gasteiger partial charge in [0.2, 0.25) is 10.0 Å². The van der Waals surface area contributed by atoms with Gasteiger partial charge in [0.15, 0.2) is 0 Å². The van der Waals surface area contributed by atoms with Crippen molar-refractivity contribution in [1.82, 2.24) is 0 Å². The smallest absolute Gasteiger partial charge is 0.235 e. The molecule has 1 aliphatic rings. The minimum absolute atomic E-state index is 0.00826. The Bertz CT molecular complexity index is 701. The molecule has 0 saturated carbocycles. The van der Waals surface area contributed by atoms with Gasteiger partial charge in [-0.3, -0.25) is 4.31 Å². The van der Waals surface area contributed by atoms with Crippen LogP contribution >= 0.6 is 0 Å². The lowest BCUT2D eigenvalue weighted by molar-refractivity contribution is 0.0972. The van der Waals surface area contributed by atoms with Gasteiger partial charge in [-0.05, 0) is 17.7 Å². The molecule has 3 rings (SSSR count). The summed E-state index contributed by atoms with van der Waals surface area (Å²) in [5.74, 6) is 0.158. The SMILES string of the molecule is O=S1(=O)CC(COCc2ccccc2)CN1c1ccccc1. The van der Waals surface area contributed by atoms with E-state index in [-0.39, 0.29) is 11.7 Å². The number of hydrogen-bond acceptors (Lipinski definition) is 3. The van der Waals surface area contributed by atoms with Gasteiger partial charge in [0, 0.05) is 12.5 Å². The summed E-state index contributed by atoms with van der Waals surface area (Å²) in [4.78, 5) is 0. The van der Waals surface area contributed by atoms with Gasteiger partial charge in [0.1, 0.15) is 0 Å². The van der Waals surface area contributed by atoms with Gasteiger partial charge in [0.05, 0.1) is 24.7 Å². The van der Waals surface area contributed by atoms with E-state index in [9.17, 15) is 8.42 Å². The fourth-order valence-electron chi connectivity index (χ4n) is 2.67. The molecule has 0 N–H and O–H groups in total. The van der Waals surface area contributed by atoms with Crippen LogP contribution < -0.4 is 4.31 Å². The predicted octanol–water partition coefficient (Wildman–Crippen LogP) is 2.67. The number of ether oxygens (including phenoxy) is 1. The van der Waals surface area contributed by atoms with Crippen LogP contribution in [0.2, 0.25) is 0 Å². The van der Waals surface area contributed by atoms with Crippen LogP contribution in [0.5, 0.6) is 0 Å². The highest BCUT2D eigenvalue weighted by atomic mass is 32.2. The van der Waals surface area contributed by atoms with Gasteiger partial charge in [-0.2, -0.15) is 0 Å². The molecule has 2 aromatic rings. The van der Waals surface area contributed by atoms with E-state index >= 15 is 0 Å². The maximum absolute atomic E-state index is 12.3. The minimum Gasteiger partial charge on any atom is -0.376 e. The second-order valence-corrected chi connectivity index (χ2v) is 7.45. The van der Waals surface area contributed by atoms with Crippen LogP contribution in [0.3, 0.4) is 0 Å². The summed E-state index contributed by atoms with van der Waals surface area (Å²) >= 11 is 0. The zero-order valence-corrected chi connectivity index (χ0v) is 13.1. The lowest BCUT2D eigenvalue weighted by atomic mass is 10.2. The van der Waals surface area contributed by atoms with E-state index in [4.69, 9.17) is 4.74 Å². The first-order valence-corrected chi connectivity index (χ1v) is 8.93. The van der Waals surface area contributed by atoms with Crippen LogP contribution in [0.1, 0.15) is 5.56 Å². The average molecular weight is 317 g/mol. The Morgan fingerprint density at radius 1 is 1.00 bits per heavy atom. The second-order valence-electron chi connectivity index (χ2n) is 5.51. The molecule has 0 bridgehead atoms. The standard InChI is InChI=1S/C17H19NO3S/c19-22(20)14-16(11-18(22)17-9-5-2-6-10-17)13-21-12-15-7-3-1-4-8-15/h1-10,16H,11-14H2. The molecule has 4 nitrogen and oxygen atoms in total. The molecule has 5 heteroatoms. The first kappa shape index (κ1) is 15.1. The van der Waals surface area contributed by atoms with Gasteiger partial charge < -0.3 is 4.74 Å². The predicted molar refractivity (Wildman–Crippen MR) is 87.2 cm³/mol. The monoisotopic (exact) mass is 317 g/mol. The maximum Gasteiger partial charge on any atom is 0.235 e. The Kier molecular flexibility index (Phi) is 4.45. The Morgan fingerprint density at radius 2 is 1.64 bits per heavy atom. The summed E-state index contributed by atoms with van der Waals surface area (Å²) in [6.07, 6.45) is 0. The largest absolute Gasteiger partial charge is 0.376 e. The van der Waals surface area contributed by atoms with Crippen molar-refractivity contribution < 1.29 is 13.2 Å². The van der Waals surface area contributed by atoms with E-state index in [0.717, 1.165) is 11.3 Å². The molecular weight excluding hydrogens is 298 g/mol. The average Bonchev–Trinajstić information content (AvgIpc) is 2.84. The summed E-state index contributed by atoms with van der Waals surface area (Å²) < 4.78 is 31.7. The Hall–Kier alpha value is -1.85. The van der Waals surface area contributed by atoms with Crippen LogP contribution in [0.25, 0.3) is 0 Å². The molecule has 1 aliphatic heterocycles. The quantitative estimate of drug-likeness (QED) is 0.852. The number of nitrogens with zero attached hydrogens (tertiary/aromatic N) is 1. The molecule has 1 fully saturated rings. The number of hydrogen-bond donors (Lipinski definition) is 0. The molecule has 0 radical (unpaired) electrons. The number of rotatable bonds is 5. The first-order valence-electron chi connectivity index (χ1n) is 7.32. The minimum atomic E-state index is -3.23. The van der Waals surface area contributed by atoms with Crippen molar-refractivity contribution in [3.8, 4) is 0 Å². The molecule has 116 valence electrons. The highest BCUT2D eigenvalue weighted by Gasteiger charge is 2.36. The molecule has 0 spiro atoms. The molecule has 1 unspecified atom stereocenters. The van der Waals surface area contributed by atoms with Crippen LogP contribution in [0.4, 0.5) is 5.69 Å². The lowest BCUT2D eigenvalue weighted by Crippen LogP contribution is -2.25. The van der Waals surface area contributed by atoms with Crippen LogP contribution in [0.15, 0.2) is 60.7 Å². The van der Waals surface area contributed by atoms with Crippen molar-refractivity contribution in [2.24, 2.45) is 5.92 Å². The van der Waals surface area contributed by atoms with Gasteiger partial charge in [-0.1, -0.05) is 48.5 Å². The summed E-state index contributed by atoms with van der Waals surface area (Å²) in [6.45, 7) is 1.46. The lowest BCUT2D eigenvalue weighted by Gasteiger charge is -2.17.